The van der Waals surface area contributed by atoms with E-state index in [9.17, 15) is 19.2 Å². The van der Waals surface area contributed by atoms with Crippen LogP contribution in [0.5, 0.6) is 0 Å². The second-order valence-electron chi connectivity index (χ2n) is 13.1. The lowest BCUT2D eigenvalue weighted by Crippen LogP contribution is -2.49. The number of piperidine rings is 1. The van der Waals surface area contributed by atoms with Crippen LogP contribution in [0.3, 0.4) is 0 Å². The Balaban J connectivity index is 1.37. The van der Waals surface area contributed by atoms with E-state index in [4.69, 9.17) is 0 Å². The van der Waals surface area contributed by atoms with Crippen molar-refractivity contribution in [2.24, 2.45) is 5.92 Å². The number of rotatable bonds is 18. The highest BCUT2D eigenvalue weighted by molar-refractivity contribution is 6.35. The van der Waals surface area contributed by atoms with Crippen molar-refractivity contribution in [2.45, 2.75) is 136 Å². The highest BCUT2D eigenvalue weighted by Gasteiger charge is 2.28. The summed E-state index contributed by atoms with van der Waals surface area (Å²) < 4.78 is 0. The molecule has 0 atom stereocenters. The lowest BCUT2D eigenvalue weighted by molar-refractivity contribution is -0.144. The molecule has 0 spiro atoms. The molecule has 44 heavy (non-hydrogen) atoms. The number of ketones is 1. The Morgan fingerprint density at radius 2 is 1.39 bits per heavy atom. The van der Waals surface area contributed by atoms with E-state index in [-0.39, 0.29) is 17.9 Å². The van der Waals surface area contributed by atoms with Gasteiger partial charge in [0, 0.05) is 51.3 Å². The summed E-state index contributed by atoms with van der Waals surface area (Å²) in [5, 5.41) is 6.23. The van der Waals surface area contributed by atoms with E-state index >= 15 is 0 Å². The predicted molar refractivity (Wildman–Crippen MR) is 176 cm³/mol. The average molecular weight is 611 g/mol. The Kier molecular flexibility index (Phi) is 16.3. The Labute approximate surface area is 266 Å². The monoisotopic (exact) mass is 610 g/mol. The first-order chi connectivity index (χ1) is 21.4. The molecule has 0 radical (unpaired) electrons. The zero-order chi connectivity index (χ0) is 31.6. The third-order valence-corrected chi connectivity index (χ3v) is 9.31. The summed E-state index contributed by atoms with van der Waals surface area (Å²) in [7, 11) is 0. The molecule has 2 aliphatic rings. The molecule has 2 N–H and O–H groups in total. The van der Waals surface area contributed by atoms with Crippen LogP contribution in [0.1, 0.15) is 139 Å². The van der Waals surface area contributed by atoms with Crippen molar-refractivity contribution in [3.05, 3.63) is 35.4 Å². The molecule has 1 aromatic carbocycles. The van der Waals surface area contributed by atoms with Crippen LogP contribution in [0, 0.1) is 5.92 Å². The minimum atomic E-state index is -0.485. The number of carbonyl (C=O) groups is 4. The molecule has 8 heteroatoms. The van der Waals surface area contributed by atoms with Gasteiger partial charge in [0.2, 0.25) is 5.78 Å². The summed E-state index contributed by atoms with van der Waals surface area (Å²) in [6, 6.07) is 7.65. The zero-order valence-electron chi connectivity index (χ0n) is 27.5. The van der Waals surface area contributed by atoms with E-state index in [2.05, 4.69) is 17.6 Å². The van der Waals surface area contributed by atoms with Crippen LogP contribution < -0.4 is 10.6 Å². The third-order valence-electron chi connectivity index (χ3n) is 9.31. The number of carbonyl (C=O) groups excluding carboxylic acids is 4. The van der Waals surface area contributed by atoms with Crippen LogP contribution in [-0.4, -0.2) is 65.6 Å². The number of nitrogens with one attached hydrogen (secondary N) is 2. The van der Waals surface area contributed by atoms with Crippen molar-refractivity contribution in [1.29, 1.82) is 0 Å². The molecule has 3 rings (SSSR count). The molecule has 0 unspecified atom stereocenters. The van der Waals surface area contributed by atoms with Crippen LogP contribution in [0.4, 0.5) is 4.79 Å². The highest BCUT2D eigenvalue weighted by atomic mass is 16.2. The van der Waals surface area contributed by atoms with Crippen molar-refractivity contribution in [3.63, 3.8) is 0 Å². The Bertz CT molecular complexity index is 1010. The molecule has 8 nitrogen and oxygen atoms in total. The molecule has 1 saturated carbocycles. The molecule has 1 heterocycles. The van der Waals surface area contributed by atoms with Crippen molar-refractivity contribution < 1.29 is 19.2 Å². The minimum absolute atomic E-state index is 0.0274. The summed E-state index contributed by atoms with van der Waals surface area (Å²) in [5.41, 5.74) is 1.49. The quantitative estimate of drug-likeness (QED) is 0.138. The number of Topliss-reactive ketones (excluding diaryl/α,β-unsaturated/α-hetero) is 1. The van der Waals surface area contributed by atoms with Gasteiger partial charge in [-0.05, 0) is 55.7 Å². The summed E-state index contributed by atoms with van der Waals surface area (Å²) >= 11 is 0. The average Bonchev–Trinajstić information content (AvgIpc) is 3.04. The van der Waals surface area contributed by atoms with Crippen LogP contribution >= 0.6 is 0 Å². The van der Waals surface area contributed by atoms with E-state index in [0.717, 1.165) is 44.1 Å². The first kappa shape index (κ1) is 35.6. The first-order valence-electron chi connectivity index (χ1n) is 17.6. The molecule has 1 aliphatic carbocycles. The van der Waals surface area contributed by atoms with Crippen LogP contribution in [-0.2, 0) is 16.1 Å². The maximum atomic E-state index is 12.8. The van der Waals surface area contributed by atoms with Gasteiger partial charge < -0.3 is 20.4 Å². The van der Waals surface area contributed by atoms with Crippen molar-refractivity contribution in [3.8, 4) is 0 Å². The van der Waals surface area contributed by atoms with Gasteiger partial charge in [0.25, 0.3) is 11.8 Å². The van der Waals surface area contributed by atoms with Crippen molar-refractivity contribution >= 4 is 23.6 Å². The van der Waals surface area contributed by atoms with Gasteiger partial charge in [0.1, 0.15) is 0 Å². The molecule has 4 amide bonds. The number of urea groups is 1. The molecule has 1 aliphatic heterocycles. The van der Waals surface area contributed by atoms with Crippen molar-refractivity contribution in [2.75, 3.05) is 26.2 Å². The van der Waals surface area contributed by atoms with Gasteiger partial charge in [0.15, 0.2) is 0 Å². The van der Waals surface area contributed by atoms with Crippen LogP contribution in [0.2, 0.25) is 0 Å². The molecule has 0 aromatic heterocycles. The fraction of sp³-hybridized carbons (Fsp3) is 0.722. The minimum Gasteiger partial charge on any atom is -0.352 e. The third kappa shape index (κ3) is 13.0. The summed E-state index contributed by atoms with van der Waals surface area (Å²) in [4.78, 5) is 53.7. The summed E-state index contributed by atoms with van der Waals surface area (Å²) in [6.45, 7) is 6.37. The molecule has 2 fully saturated rings. The van der Waals surface area contributed by atoms with E-state index in [1.807, 2.05) is 17.0 Å². The van der Waals surface area contributed by atoms with E-state index in [0.29, 0.717) is 44.3 Å². The van der Waals surface area contributed by atoms with Crippen molar-refractivity contribution in [1.82, 2.24) is 20.4 Å². The Morgan fingerprint density at radius 1 is 0.795 bits per heavy atom. The second-order valence-corrected chi connectivity index (χ2v) is 13.1. The maximum Gasteiger partial charge on any atom is 0.317 e. The van der Waals surface area contributed by atoms with Crippen LogP contribution in [0.15, 0.2) is 24.3 Å². The highest BCUT2D eigenvalue weighted by Crippen LogP contribution is 2.22. The molecule has 246 valence electrons. The molecular formula is C36H58N4O4. The van der Waals surface area contributed by atoms with Gasteiger partial charge in [-0.3, -0.25) is 14.4 Å². The van der Waals surface area contributed by atoms with Gasteiger partial charge in [-0.25, -0.2) is 4.79 Å². The normalized spacial score (nSPS) is 16.0. The fourth-order valence-corrected chi connectivity index (χ4v) is 6.48. The van der Waals surface area contributed by atoms with Crippen LogP contribution in [0.25, 0.3) is 0 Å². The SMILES string of the molecule is CCCCCCCCCCCCNC(=O)c1ccc(CN(CC2CCN(C(=O)NC3CCCCC3)CC2)C(=O)C(C)=O)cc1. The Morgan fingerprint density at radius 3 is 1.98 bits per heavy atom. The zero-order valence-corrected chi connectivity index (χ0v) is 27.5. The first-order valence-corrected chi connectivity index (χ1v) is 17.6. The van der Waals surface area contributed by atoms with E-state index in [1.165, 1.54) is 77.6 Å². The predicted octanol–water partition coefficient (Wildman–Crippen LogP) is 7.01. The number of nitrogens with zero attached hydrogens (tertiary/aromatic N) is 2. The molecular weight excluding hydrogens is 552 g/mol. The number of likely N-dealkylation sites (tertiary alicyclic amines) is 1. The summed E-state index contributed by atoms with van der Waals surface area (Å²) in [6.07, 6.45) is 20.0. The lowest BCUT2D eigenvalue weighted by atomic mass is 9.95. The van der Waals surface area contributed by atoms with E-state index in [1.54, 1.807) is 17.0 Å². The lowest BCUT2D eigenvalue weighted by Gasteiger charge is -2.36. The number of hydrogen-bond donors (Lipinski definition) is 2. The topological polar surface area (TPSA) is 98.8 Å². The molecule has 0 bridgehead atoms. The number of benzene rings is 1. The fourth-order valence-electron chi connectivity index (χ4n) is 6.48. The summed E-state index contributed by atoms with van der Waals surface area (Å²) in [5.74, 6) is -0.811. The van der Waals surface area contributed by atoms with Gasteiger partial charge in [0.05, 0.1) is 0 Å². The van der Waals surface area contributed by atoms with Gasteiger partial charge in [-0.1, -0.05) is 96.1 Å². The standard InChI is InChI=1S/C36H58N4O4/c1-3-4-5-6-7-8-9-10-11-15-24-37-34(42)32-20-18-30(19-21-32)27-40(35(43)29(2)41)28-31-22-25-39(26-23-31)36(44)38-33-16-13-12-14-17-33/h18-21,31,33H,3-17,22-28H2,1-2H3,(H,37,42)(H,38,44). The number of unbranched alkanes of at least 4 members (excludes halogenated alkanes) is 9. The molecule has 1 saturated heterocycles. The Hall–Kier alpha value is -2.90. The number of hydrogen-bond acceptors (Lipinski definition) is 4. The van der Waals surface area contributed by atoms with Gasteiger partial charge in [-0.2, -0.15) is 0 Å². The van der Waals surface area contributed by atoms with E-state index < -0.39 is 11.7 Å². The smallest absolute Gasteiger partial charge is 0.317 e. The number of amides is 4. The molecule has 1 aromatic rings. The largest absolute Gasteiger partial charge is 0.352 e. The maximum absolute atomic E-state index is 12.8. The van der Waals surface area contributed by atoms with Gasteiger partial charge >= 0.3 is 6.03 Å². The van der Waals surface area contributed by atoms with Gasteiger partial charge in [-0.15, -0.1) is 0 Å². The second kappa shape index (κ2) is 20.2.